The minimum Gasteiger partial charge on any atom is -0.392 e. The van der Waals surface area contributed by atoms with Gasteiger partial charge in [0.1, 0.15) is 0 Å². The molecular formula is C16H19N5O2. The third kappa shape index (κ3) is 4.01. The Bertz CT molecular complexity index is 673. The number of aromatic nitrogens is 3. The second-order valence-electron chi connectivity index (χ2n) is 5.69. The van der Waals surface area contributed by atoms with Gasteiger partial charge in [0.15, 0.2) is 0 Å². The topological polar surface area (TPSA) is 91.2 Å². The van der Waals surface area contributed by atoms with Gasteiger partial charge in [-0.1, -0.05) is 30.3 Å². The van der Waals surface area contributed by atoms with E-state index in [9.17, 15) is 9.90 Å². The van der Waals surface area contributed by atoms with E-state index in [-0.39, 0.29) is 18.0 Å². The third-order valence-electron chi connectivity index (χ3n) is 3.56. The average Bonchev–Trinajstić information content (AvgIpc) is 3.38. The standard InChI is InChI=1S/C16H19N5O2/c1-11(22)10-21(13-7-8-13)16(23)19-15-18-14(9-17-20-15)12-5-3-2-4-6-12/h2-6,9,11,13,22H,7-8,10H2,1H3,(H,18,19,20,23)/t11-/m0/s1. The lowest BCUT2D eigenvalue weighted by atomic mass is 10.2. The van der Waals surface area contributed by atoms with E-state index in [1.165, 1.54) is 0 Å². The fourth-order valence-electron chi connectivity index (χ4n) is 2.34. The number of benzene rings is 1. The fraction of sp³-hybridized carbons (Fsp3) is 0.375. The molecule has 2 aromatic rings. The van der Waals surface area contributed by atoms with E-state index in [4.69, 9.17) is 0 Å². The average molecular weight is 313 g/mol. The smallest absolute Gasteiger partial charge is 0.324 e. The van der Waals surface area contributed by atoms with Crippen molar-refractivity contribution >= 4 is 12.0 Å². The van der Waals surface area contributed by atoms with E-state index in [2.05, 4.69) is 20.5 Å². The van der Waals surface area contributed by atoms with Crippen LogP contribution in [0.2, 0.25) is 0 Å². The van der Waals surface area contributed by atoms with Gasteiger partial charge in [-0.2, -0.15) is 5.10 Å². The van der Waals surface area contributed by atoms with Gasteiger partial charge in [0.2, 0.25) is 0 Å². The summed E-state index contributed by atoms with van der Waals surface area (Å²) in [5, 5.41) is 20.0. The Balaban J connectivity index is 1.73. The molecule has 120 valence electrons. The van der Waals surface area contributed by atoms with Gasteiger partial charge in [0, 0.05) is 18.2 Å². The lowest BCUT2D eigenvalue weighted by molar-refractivity contribution is 0.135. The van der Waals surface area contributed by atoms with Crippen LogP contribution in [0.5, 0.6) is 0 Å². The summed E-state index contributed by atoms with van der Waals surface area (Å²) in [7, 11) is 0. The van der Waals surface area contributed by atoms with Gasteiger partial charge in [0.05, 0.1) is 18.0 Å². The molecule has 1 aromatic carbocycles. The zero-order chi connectivity index (χ0) is 16.2. The predicted octanol–water partition coefficient (Wildman–Crippen LogP) is 1.92. The van der Waals surface area contributed by atoms with Gasteiger partial charge in [-0.3, -0.25) is 5.32 Å². The number of aliphatic hydroxyl groups excluding tert-OH is 1. The molecule has 0 radical (unpaired) electrons. The second kappa shape index (κ2) is 6.70. The number of urea groups is 1. The van der Waals surface area contributed by atoms with E-state index in [1.54, 1.807) is 18.0 Å². The fourth-order valence-corrected chi connectivity index (χ4v) is 2.34. The first kappa shape index (κ1) is 15.4. The van der Waals surface area contributed by atoms with Crippen molar-refractivity contribution in [2.24, 2.45) is 0 Å². The first-order valence-corrected chi connectivity index (χ1v) is 7.64. The Kier molecular flexibility index (Phi) is 4.47. The van der Waals surface area contributed by atoms with Gasteiger partial charge in [0.25, 0.3) is 5.95 Å². The summed E-state index contributed by atoms with van der Waals surface area (Å²) in [6.45, 7) is 1.96. The lowest BCUT2D eigenvalue weighted by Crippen LogP contribution is -2.41. The maximum Gasteiger partial charge on any atom is 0.324 e. The summed E-state index contributed by atoms with van der Waals surface area (Å²) in [5.74, 6) is 0.160. The van der Waals surface area contributed by atoms with Crippen LogP contribution in [0, 0.1) is 0 Å². The highest BCUT2D eigenvalue weighted by Crippen LogP contribution is 2.27. The molecule has 1 saturated carbocycles. The van der Waals surface area contributed by atoms with Crippen molar-refractivity contribution in [3.8, 4) is 11.3 Å². The molecule has 0 unspecified atom stereocenters. The van der Waals surface area contributed by atoms with Gasteiger partial charge in [-0.25, -0.2) is 9.78 Å². The monoisotopic (exact) mass is 313 g/mol. The highest BCUT2D eigenvalue weighted by Gasteiger charge is 2.33. The first-order valence-electron chi connectivity index (χ1n) is 7.64. The number of carbonyl (C=O) groups excluding carboxylic acids is 1. The third-order valence-corrected chi connectivity index (χ3v) is 3.56. The van der Waals surface area contributed by atoms with Crippen molar-refractivity contribution in [2.75, 3.05) is 11.9 Å². The van der Waals surface area contributed by atoms with Crippen LogP contribution in [-0.4, -0.2) is 49.9 Å². The van der Waals surface area contributed by atoms with E-state index < -0.39 is 6.10 Å². The van der Waals surface area contributed by atoms with Crippen LogP contribution < -0.4 is 5.32 Å². The molecule has 1 aliphatic rings. The minimum atomic E-state index is -0.573. The molecule has 2 N–H and O–H groups in total. The van der Waals surface area contributed by atoms with Crippen LogP contribution in [0.1, 0.15) is 19.8 Å². The van der Waals surface area contributed by atoms with Crippen molar-refractivity contribution in [3.63, 3.8) is 0 Å². The number of hydrogen-bond donors (Lipinski definition) is 2. The molecule has 1 fully saturated rings. The molecule has 7 nitrogen and oxygen atoms in total. The van der Waals surface area contributed by atoms with E-state index in [0.29, 0.717) is 12.2 Å². The molecule has 0 aliphatic heterocycles. The van der Waals surface area contributed by atoms with Gasteiger partial charge in [-0.05, 0) is 19.8 Å². The molecule has 0 spiro atoms. The molecule has 1 aliphatic carbocycles. The maximum atomic E-state index is 12.4. The number of nitrogens with zero attached hydrogens (tertiary/aromatic N) is 4. The minimum absolute atomic E-state index is 0.160. The number of anilines is 1. The quantitative estimate of drug-likeness (QED) is 0.880. The molecule has 0 bridgehead atoms. The Hall–Kier alpha value is -2.54. The molecule has 1 atom stereocenters. The molecule has 0 saturated heterocycles. The summed E-state index contributed by atoms with van der Waals surface area (Å²) >= 11 is 0. The van der Waals surface area contributed by atoms with Crippen LogP contribution >= 0.6 is 0 Å². The highest BCUT2D eigenvalue weighted by molar-refractivity contribution is 5.88. The molecule has 7 heteroatoms. The maximum absolute atomic E-state index is 12.4. The van der Waals surface area contributed by atoms with E-state index in [1.807, 2.05) is 30.3 Å². The number of carbonyl (C=O) groups is 1. The van der Waals surface area contributed by atoms with Crippen molar-refractivity contribution in [1.29, 1.82) is 0 Å². The van der Waals surface area contributed by atoms with Crippen molar-refractivity contribution in [2.45, 2.75) is 31.9 Å². The highest BCUT2D eigenvalue weighted by atomic mass is 16.3. The van der Waals surface area contributed by atoms with E-state index in [0.717, 1.165) is 18.4 Å². The van der Waals surface area contributed by atoms with E-state index >= 15 is 0 Å². The summed E-state index contributed by atoms with van der Waals surface area (Å²) in [4.78, 5) is 18.3. The summed E-state index contributed by atoms with van der Waals surface area (Å²) in [6, 6.07) is 9.46. The Morgan fingerprint density at radius 1 is 1.39 bits per heavy atom. The van der Waals surface area contributed by atoms with Gasteiger partial charge >= 0.3 is 6.03 Å². The number of rotatable bonds is 5. The summed E-state index contributed by atoms with van der Waals surface area (Å²) < 4.78 is 0. The Labute approximate surface area is 134 Å². The number of aliphatic hydroxyl groups is 1. The SMILES string of the molecule is C[C@H](O)CN(C(=O)Nc1nncc(-c2ccccc2)n1)C1CC1. The summed E-state index contributed by atoms with van der Waals surface area (Å²) in [6.07, 6.45) is 2.91. The normalized spacial score (nSPS) is 15.0. The second-order valence-corrected chi connectivity index (χ2v) is 5.69. The van der Waals surface area contributed by atoms with Crippen LogP contribution in [0.15, 0.2) is 36.5 Å². The molecule has 1 aromatic heterocycles. The predicted molar refractivity (Wildman–Crippen MR) is 85.7 cm³/mol. The van der Waals surface area contributed by atoms with Crippen LogP contribution in [0.25, 0.3) is 11.3 Å². The number of nitrogens with one attached hydrogen (secondary N) is 1. The van der Waals surface area contributed by atoms with Crippen LogP contribution in [-0.2, 0) is 0 Å². The molecule has 2 amide bonds. The first-order chi connectivity index (χ1) is 11.1. The zero-order valence-corrected chi connectivity index (χ0v) is 12.9. The van der Waals surface area contributed by atoms with Crippen molar-refractivity contribution in [1.82, 2.24) is 20.1 Å². The van der Waals surface area contributed by atoms with Crippen molar-refractivity contribution < 1.29 is 9.90 Å². The lowest BCUT2D eigenvalue weighted by Gasteiger charge is -2.23. The van der Waals surface area contributed by atoms with Gasteiger partial charge in [-0.15, -0.1) is 5.10 Å². The molecule has 1 heterocycles. The molecule has 23 heavy (non-hydrogen) atoms. The van der Waals surface area contributed by atoms with Crippen LogP contribution in [0.4, 0.5) is 10.7 Å². The largest absolute Gasteiger partial charge is 0.392 e. The van der Waals surface area contributed by atoms with Crippen LogP contribution in [0.3, 0.4) is 0 Å². The molecular weight excluding hydrogens is 294 g/mol. The zero-order valence-electron chi connectivity index (χ0n) is 12.9. The number of hydrogen-bond acceptors (Lipinski definition) is 5. The Morgan fingerprint density at radius 2 is 2.13 bits per heavy atom. The number of amides is 2. The van der Waals surface area contributed by atoms with Gasteiger partial charge < -0.3 is 10.0 Å². The van der Waals surface area contributed by atoms with Crippen molar-refractivity contribution in [3.05, 3.63) is 36.5 Å². The Morgan fingerprint density at radius 3 is 2.78 bits per heavy atom. The molecule has 3 rings (SSSR count). The summed E-state index contributed by atoms with van der Waals surface area (Å²) in [5.41, 5.74) is 1.55.